The second-order valence-corrected chi connectivity index (χ2v) is 4.92. The molecule has 0 N–H and O–H groups in total. The molecule has 0 saturated carbocycles. The van der Waals surface area contributed by atoms with Crippen molar-refractivity contribution in [1.82, 2.24) is 4.31 Å². The van der Waals surface area contributed by atoms with Gasteiger partial charge in [0.05, 0.1) is 26.6 Å². The van der Waals surface area contributed by atoms with E-state index in [4.69, 9.17) is 4.74 Å². The van der Waals surface area contributed by atoms with Crippen LogP contribution in [-0.4, -0.2) is 57.9 Å². The minimum Gasteiger partial charge on any atom is -0.468 e. The lowest BCUT2D eigenvalue weighted by molar-refractivity contribution is -0.149. The molecule has 1 aliphatic heterocycles. The zero-order chi connectivity index (χ0) is 10.8. The molecule has 1 saturated heterocycles. The number of nitrogens with zero attached hydrogens (tertiary/aromatic N) is 1. The highest BCUT2D eigenvalue weighted by Gasteiger charge is 2.35. The SMILES string of the molecule is COC(=O)C1COCCN1S(C)(=O)=O. The van der Waals surface area contributed by atoms with E-state index < -0.39 is 22.0 Å². The third-order valence-corrected chi connectivity index (χ3v) is 3.27. The number of carbonyl (C=O) groups is 1. The molecular formula is C7H13NO5S. The van der Waals surface area contributed by atoms with Gasteiger partial charge >= 0.3 is 5.97 Å². The molecule has 82 valence electrons. The maximum Gasteiger partial charge on any atom is 0.326 e. The molecule has 1 fully saturated rings. The van der Waals surface area contributed by atoms with Gasteiger partial charge in [0.25, 0.3) is 0 Å². The van der Waals surface area contributed by atoms with Gasteiger partial charge in [-0.2, -0.15) is 4.31 Å². The summed E-state index contributed by atoms with van der Waals surface area (Å²) in [5, 5.41) is 0. The Morgan fingerprint density at radius 3 is 2.71 bits per heavy atom. The molecule has 1 heterocycles. The van der Waals surface area contributed by atoms with Crippen molar-refractivity contribution in [2.75, 3.05) is 33.1 Å². The number of hydrogen-bond donors (Lipinski definition) is 0. The van der Waals surface area contributed by atoms with Gasteiger partial charge in [-0.25, -0.2) is 8.42 Å². The standard InChI is InChI=1S/C7H13NO5S/c1-12-7(9)6-5-13-4-3-8(6)14(2,10)11/h6H,3-5H2,1-2H3. The van der Waals surface area contributed by atoms with E-state index in [1.54, 1.807) is 0 Å². The van der Waals surface area contributed by atoms with Crippen molar-refractivity contribution in [2.45, 2.75) is 6.04 Å². The van der Waals surface area contributed by atoms with Gasteiger partial charge in [-0.15, -0.1) is 0 Å². The lowest BCUT2D eigenvalue weighted by atomic mass is 10.3. The highest BCUT2D eigenvalue weighted by molar-refractivity contribution is 7.88. The summed E-state index contributed by atoms with van der Waals surface area (Å²) in [5.74, 6) is -0.588. The van der Waals surface area contributed by atoms with Crippen LogP contribution < -0.4 is 0 Å². The van der Waals surface area contributed by atoms with Gasteiger partial charge in [-0.3, -0.25) is 4.79 Å². The van der Waals surface area contributed by atoms with E-state index in [2.05, 4.69) is 4.74 Å². The first-order chi connectivity index (χ1) is 6.46. The Morgan fingerprint density at radius 2 is 2.21 bits per heavy atom. The van der Waals surface area contributed by atoms with Crippen LogP contribution in [0.4, 0.5) is 0 Å². The number of rotatable bonds is 2. The zero-order valence-electron chi connectivity index (χ0n) is 8.10. The summed E-state index contributed by atoms with van der Waals surface area (Å²) in [4.78, 5) is 11.2. The number of carbonyl (C=O) groups excluding carboxylic acids is 1. The van der Waals surface area contributed by atoms with Crippen LogP contribution in [0.15, 0.2) is 0 Å². The average molecular weight is 223 g/mol. The summed E-state index contributed by atoms with van der Waals surface area (Å²) in [6, 6.07) is -0.844. The summed E-state index contributed by atoms with van der Waals surface area (Å²) in [6.45, 7) is 0.554. The lowest BCUT2D eigenvalue weighted by Gasteiger charge is -2.31. The monoisotopic (exact) mass is 223 g/mol. The molecule has 1 unspecified atom stereocenters. The second kappa shape index (κ2) is 4.24. The van der Waals surface area contributed by atoms with Crippen molar-refractivity contribution in [3.63, 3.8) is 0 Å². The van der Waals surface area contributed by atoms with Crippen LogP contribution >= 0.6 is 0 Å². The van der Waals surface area contributed by atoms with Crippen LogP contribution in [0.5, 0.6) is 0 Å². The Bertz CT molecular complexity index is 312. The van der Waals surface area contributed by atoms with Crippen molar-refractivity contribution in [1.29, 1.82) is 0 Å². The number of morpholine rings is 1. The summed E-state index contributed by atoms with van der Waals surface area (Å²) >= 11 is 0. The molecule has 0 aromatic heterocycles. The normalized spacial score (nSPS) is 24.6. The average Bonchev–Trinajstić information content (AvgIpc) is 2.15. The van der Waals surface area contributed by atoms with E-state index in [9.17, 15) is 13.2 Å². The molecule has 0 aromatic rings. The summed E-state index contributed by atoms with van der Waals surface area (Å²) < 4.78 is 33.2. The van der Waals surface area contributed by atoms with Crippen LogP contribution in [0.1, 0.15) is 0 Å². The first-order valence-electron chi connectivity index (χ1n) is 4.09. The highest BCUT2D eigenvalue weighted by atomic mass is 32.2. The molecule has 0 aliphatic carbocycles. The van der Waals surface area contributed by atoms with Crippen molar-refractivity contribution in [2.24, 2.45) is 0 Å². The summed E-state index contributed by atoms with van der Waals surface area (Å²) in [5.41, 5.74) is 0. The van der Waals surface area contributed by atoms with Crippen LogP contribution in [0.2, 0.25) is 0 Å². The predicted molar refractivity (Wildman–Crippen MR) is 48.2 cm³/mol. The van der Waals surface area contributed by atoms with Gasteiger partial charge < -0.3 is 9.47 Å². The van der Waals surface area contributed by atoms with E-state index in [-0.39, 0.29) is 13.2 Å². The molecule has 0 spiro atoms. The van der Waals surface area contributed by atoms with Gasteiger partial charge in [-0.1, -0.05) is 0 Å². The molecule has 14 heavy (non-hydrogen) atoms. The fourth-order valence-electron chi connectivity index (χ4n) is 1.31. The number of sulfonamides is 1. The molecule has 6 nitrogen and oxygen atoms in total. The van der Waals surface area contributed by atoms with E-state index >= 15 is 0 Å². The Kier molecular flexibility index (Phi) is 3.46. The van der Waals surface area contributed by atoms with Crippen molar-refractivity contribution >= 4 is 16.0 Å². The predicted octanol–water partition coefficient (Wildman–Crippen LogP) is -1.18. The first kappa shape index (κ1) is 11.4. The maximum atomic E-state index is 11.3. The minimum atomic E-state index is -3.38. The van der Waals surface area contributed by atoms with Crippen LogP contribution in [0.25, 0.3) is 0 Å². The van der Waals surface area contributed by atoms with E-state index in [0.29, 0.717) is 6.61 Å². The smallest absolute Gasteiger partial charge is 0.326 e. The Labute approximate surface area is 82.8 Å². The van der Waals surface area contributed by atoms with E-state index in [1.165, 1.54) is 7.11 Å². The maximum absolute atomic E-state index is 11.3. The molecule has 0 amide bonds. The molecule has 1 rings (SSSR count). The number of ether oxygens (including phenoxy) is 2. The summed E-state index contributed by atoms with van der Waals surface area (Å²) in [7, 11) is -2.16. The van der Waals surface area contributed by atoms with Gasteiger partial charge in [0.1, 0.15) is 6.04 Å². The largest absolute Gasteiger partial charge is 0.468 e. The van der Waals surface area contributed by atoms with Crippen LogP contribution in [0.3, 0.4) is 0 Å². The Morgan fingerprint density at radius 1 is 1.57 bits per heavy atom. The van der Waals surface area contributed by atoms with Crippen LogP contribution in [0, 0.1) is 0 Å². The number of hydrogen-bond acceptors (Lipinski definition) is 5. The Balaban J connectivity index is 2.85. The zero-order valence-corrected chi connectivity index (χ0v) is 8.91. The Hall–Kier alpha value is -0.660. The molecule has 0 aromatic carbocycles. The number of esters is 1. The van der Waals surface area contributed by atoms with Crippen molar-refractivity contribution < 1.29 is 22.7 Å². The van der Waals surface area contributed by atoms with Crippen molar-refractivity contribution in [3.05, 3.63) is 0 Å². The lowest BCUT2D eigenvalue weighted by Crippen LogP contribution is -2.52. The molecule has 0 radical (unpaired) electrons. The highest BCUT2D eigenvalue weighted by Crippen LogP contribution is 2.12. The molecule has 1 atom stereocenters. The fraction of sp³-hybridized carbons (Fsp3) is 0.857. The minimum absolute atomic E-state index is 0.0553. The van der Waals surface area contributed by atoms with Crippen LogP contribution in [-0.2, 0) is 24.3 Å². The second-order valence-electron chi connectivity index (χ2n) is 2.99. The topological polar surface area (TPSA) is 72.9 Å². The molecular weight excluding hydrogens is 210 g/mol. The molecule has 0 bridgehead atoms. The first-order valence-corrected chi connectivity index (χ1v) is 5.94. The third-order valence-electron chi connectivity index (χ3n) is 1.98. The van der Waals surface area contributed by atoms with Gasteiger partial charge in [0.2, 0.25) is 10.0 Å². The fourth-order valence-corrected chi connectivity index (χ4v) is 2.32. The molecule has 7 heteroatoms. The quantitative estimate of drug-likeness (QED) is 0.551. The third kappa shape index (κ3) is 2.43. The van der Waals surface area contributed by atoms with Crippen molar-refractivity contribution in [3.8, 4) is 0 Å². The van der Waals surface area contributed by atoms with Gasteiger partial charge in [0, 0.05) is 6.54 Å². The van der Waals surface area contributed by atoms with E-state index in [1.807, 2.05) is 0 Å². The summed E-state index contributed by atoms with van der Waals surface area (Å²) in [6.07, 6.45) is 1.06. The van der Waals surface area contributed by atoms with Gasteiger partial charge in [-0.05, 0) is 0 Å². The van der Waals surface area contributed by atoms with E-state index in [0.717, 1.165) is 10.6 Å². The number of methoxy groups -OCH3 is 1. The van der Waals surface area contributed by atoms with Gasteiger partial charge in [0.15, 0.2) is 0 Å². The molecule has 1 aliphatic rings.